The summed E-state index contributed by atoms with van der Waals surface area (Å²) in [6.07, 6.45) is 4.64. The average Bonchev–Trinajstić information content (AvgIpc) is 3.17. The summed E-state index contributed by atoms with van der Waals surface area (Å²) in [4.78, 5) is 16.9. The zero-order valence-electron chi connectivity index (χ0n) is 15.9. The van der Waals surface area contributed by atoms with Crippen LogP contribution in [-0.4, -0.2) is 46.9 Å². The Bertz CT molecular complexity index is 894. The fourth-order valence-electron chi connectivity index (χ4n) is 3.54. The molecule has 1 aliphatic rings. The smallest absolute Gasteiger partial charge is 0.317 e. The molecule has 0 saturated carbocycles. The highest BCUT2D eigenvalue weighted by atomic mass is 16.2. The summed E-state index contributed by atoms with van der Waals surface area (Å²) in [5, 5.41) is 7.32. The number of anilines is 1. The van der Waals surface area contributed by atoms with Crippen LogP contribution in [0.25, 0.3) is 5.69 Å². The van der Waals surface area contributed by atoms with E-state index in [4.69, 9.17) is 0 Å². The van der Waals surface area contributed by atoms with Gasteiger partial charge in [-0.15, -0.1) is 0 Å². The maximum atomic E-state index is 12.7. The number of amides is 2. The first kappa shape index (κ1) is 18.1. The highest BCUT2D eigenvalue weighted by Gasteiger charge is 2.19. The topological polar surface area (TPSA) is 53.4 Å². The minimum atomic E-state index is -0.000552. The fraction of sp³-hybridized carbons (Fsp3) is 0.273. The van der Waals surface area contributed by atoms with Gasteiger partial charge in [0.2, 0.25) is 0 Å². The van der Waals surface area contributed by atoms with E-state index in [0.29, 0.717) is 6.54 Å². The molecular formula is C22H25N5O. The minimum absolute atomic E-state index is 0.000552. The maximum absolute atomic E-state index is 12.7. The van der Waals surface area contributed by atoms with Crippen molar-refractivity contribution in [2.45, 2.75) is 13.0 Å². The zero-order chi connectivity index (χ0) is 19.2. The molecule has 0 spiro atoms. The second-order valence-corrected chi connectivity index (χ2v) is 6.94. The Balaban J connectivity index is 1.32. The van der Waals surface area contributed by atoms with Crippen molar-refractivity contribution in [1.29, 1.82) is 0 Å². The third kappa shape index (κ3) is 4.34. The van der Waals surface area contributed by atoms with Gasteiger partial charge in [-0.25, -0.2) is 9.48 Å². The van der Waals surface area contributed by atoms with Crippen molar-refractivity contribution in [3.05, 3.63) is 78.6 Å². The molecule has 144 valence electrons. The molecule has 1 fully saturated rings. The van der Waals surface area contributed by atoms with E-state index in [0.717, 1.165) is 43.9 Å². The lowest BCUT2D eigenvalue weighted by atomic mass is 10.2. The van der Waals surface area contributed by atoms with Crippen molar-refractivity contribution >= 4 is 11.7 Å². The number of urea groups is 1. The van der Waals surface area contributed by atoms with Crippen LogP contribution in [0, 0.1) is 0 Å². The third-order valence-corrected chi connectivity index (χ3v) is 5.03. The van der Waals surface area contributed by atoms with Crippen LogP contribution >= 0.6 is 0 Å². The van der Waals surface area contributed by atoms with Gasteiger partial charge in [0, 0.05) is 50.8 Å². The van der Waals surface area contributed by atoms with Crippen LogP contribution in [0.15, 0.2) is 73.1 Å². The number of para-hydroxylation sites is 1. The summed E-state index contributed by atoms with van der Waals surface area (Å²) >= 11 is 0. The highest BCUT2D eigenvalue weighted by Crippen LogP contribution is 2.16. The van der Waals surface area contributed by atoms with Crippen LogP contribution in [0.2, 0.25) is 0 Å². The van der Waals surface area contributed by atoms with Gasteiger partial charge in [-0.1, -0.05) is 30.3 Å². The first-order chi connectivity index (χ1) is 13.8. The van der Waals surface area contributed by atoms with E-state index in [1.807, 2.05) is 52.2 Å². The summed E-state index contributed by atoms with van der Waals surface area (Å²) in [5.41, 5.74) is 3.27. The van der Waals surface area contributed by atoms with Crippen LogP contribution in [0.5, 0.6) is 0 Å². The first-order valence-corrected chi connectivity index (χ1v) is 9.71. The SMILES string of the molecule is O=C(NCc1cccc(-n2cccn2)c1)N1CCCN(c2ccccc2)CC1. The van der Waals surface area contributed by atoms with E-state index in [9.17, 15) is 4.79 Å². The molecular weight excluding hydrogens is 350 g/mol. The van der Waals surface area contributed by atoms with Crippen LogP contribution < -0.4 is 10.2 Å². The number of hydrogen-bond donors (Lipinski definition) is 1. The standard InChI is InChI=1S/C22H25N5O/c28-22(23-18-19-7-4-10-21(17-19)27-14-5-11-24-27)26-13-6-12-25(15-16-26)20-8-2-1-3-9-20/h1-5,7-11,14,17H,6,12-13,15-16,18H2,(H,23,28). The van der Waals surface area contributed by atoms with Crippen molar-refractivity contribution in [3.8, 4) is 5.69 Å². The van der Waals surface area contributed by atoms with E-state index >= 15 is 0 Å². The number of hydrogen-bond acceptors (Lipinski definition) is 3. The number of carbonyl (C=O) groups excluding carboxylic acids is 1. The van der Waals surface area contributed by atoms with E-state index in [1.54, 1.807) is 6.20 Å². The Morgan fingerprint density at radius 2 is 1.79 bits per heavy atom. The Morgan fingerprint density at radius 1 is 0.929 bits per heavy atom. The number of benzene rings is 2. The predicted molar refractivity (Wildman–Crippen MR) is 111 cm³/mol. The van der Waals surface area contributed by atoms with Crippen molar-refractivity contribution in [1.82, 2.24) is 20.0 Å². The van der Waals surface area contributed by atoms with Crippen molar-refractivity contribution in [3.63, 3.8) is 0 Å². The minimum Gasteiger partial charge on any atom is -0.370 e. The van der Waals surface area contributed by atoms with Crippen molar-refractivity contribution in [2.24, 2.45) is 0 Å². The van der Waals surface area contributed by atoms with Crippen LogP contribution in [0.3, 0.4) is 0 Å². The molecule has 4 rings (SSSR count). The molecule has 1 saturated heterocycles. The lowest BCUT2D eigenvalue weighted by Crippen LogP contribution is -2.41. The summed E-state index contributed by atoms with van der Waals surface area (Å²) in [6, 6.07) is 20.4. The molecule has 6 nitrogen and oxygen atoms in total. The van der Waals surface area contributed by atoms with E-state index in [1.165, 1.54) is 5.69 Å². The highest BCUT2D eigenvalue weighted by molar-refractivity contribution is 5.74. The van der Waals surface area contributed by atoms with E-state index < -0.39 is 0 Å². The molecule has 1 N–H and O–H groups in total. The van der Waals surface area contributed by atoms with Crippen molar-refractivity contribution in [2.75, 3.05) is 31.1 Å². The summed E-state index contributed by atoms with van der Waals surface area (Å²) in [7, 11) is 0. The molecule has 1 aromatic heterocycles. The molecule has 6 heteroatoms. The quantitative estimate of drug-likeness (QED) is 0.761. The molecule has 0 bridgehead atoms. The van der Waals surface area contributed by atoms with Gasteiger partial charge >= 0.3 is 6.03 Å². The molecule has 3 aromatic rings. The lowest BCUT2D eigenvalue weighted by molar-refractivity contribution is 0.201. The molecule has 28 heavy (non-hydrogen) atoms. The molecule has 2 amide bonds. The number of nitrogens with zero attached hydrogens (tertiary/aromatic N) is 4. The zero-order valence-corrected chi connectivity index (χ0v) is 15.9. The van der Waals surface area contributed by atoms with Crippen molar-refractivity contribution < 1.29 is 4.79 Å². The van der Waals surface area contributed by atoms with Gasteiger partial charge in [0.15, 0.2) is 0 Å². The van der Waals surface area contributed by atoms with E-state index in [-0.39, 0.29) is 6.03 Å². The Kier molecular flexibility index (Phi) is 5.56. The predicted octanol–water partition coefficient (Wildman–Crippen LogP) is 3.29. The summed E-state index contributed by atoms with van der Waals surface area (Å²) in [6.45, 7) is 3.84. The lowest BCUT2D eigenvalue weighted by Gasteiger charge is -2.24. The van der Waals surface area contributed by atoms with Gasteiger partial charge in [0.25, 0.3) is 0 Å². The van der Waals surface area contributed by atoms with Gasteiger partial charge in [-0.3, -0.25) is 0 Å². The molecule has 0 unspecified atom stereocenters. The van der Waals surface area contributed by atoms with Gasteiger partial charge < -0.3 is 15.1 Å². The number of carbonyl (C=O) groups is 1. The number of aromatic nitrogens is 2. The largest absolute Gasteiger partial charge is 0.370 e. The molecule has 0 atom stereocenters. The molecule has 2 heterocycles. The second-order valence-electron chi connectivity index (χ2n) is 6.94. The fourth-order valence-corrected chi connectivity index (χ4v) is 3.54. The first-order valence-electron chi connectivity index (χ1n) is 9.71. The third-order valence-electron chi connectivity index (χ3n) is 5.03. The Hall–Kier alpha value is -3.28. The summed E-state index contributed by atoms with van der Waals surface area (Å²) in [5.74, 6) is 0. The van der Waals surface area contributed by atoms with E-state index in [2.05, 4.69) is 39.6 Å². The van der Waals surface area contributed by atoms with Crippen LogP contribution in [0.4, 0.5) is 10.5 Å². The molecule has 2 aromatic carbocycles. The normalized spacial score (nSPS) is 14.6. The maximum Gasteiger partial charge on any atom is 0.317 e. The molecule has 0 aliphatic carbocycles. The number of nitrogens with one attached hydrogen (secondary N) is 1. The second kappa shape index (κ2) is 8.61. The number of rotatable bonds is 4. The van der Waals surface area contributed by atoms with Gasteiger partial charge in [0.05, 0.1) is 5.69 Å². The van der Waals surface area contributed by atoms with Crippen LogP contribution in [-0.2, 0) is 6.54 Å². The van der Waals surface area contributed by atoms with Gasteiger partial charge in [0.1, 0.15) is 0 Å². The van der Waals surface area contributed by atoms with Gasteiger partial charge in [-0.2, -0.15) is 5.10 Å². The average molecular weight is 375 g/mol. The van der Waals surface area contributed by atoms with Crippen LogP contribution in [0.1, 0.15) is 12.0 Å². The van der Waals surface area contributed by atoms with Gasteiger partial charge in [-0.05, 0) is 42.3 Å². The summed E-state index contributed by atoms with van der Waals surface area (Å²) < 4.78 is 1.82. The molecule has 0 radical (unpaired) electrons. The Labute approximate surface area is 165 Å². The monoisotopic (exact) mass is 375 g/mol. The Morgan fingerprint density at radius 3 is 2.61 bits per heavy atom. The molecule has 1 aliphatic heterocycles.